The third kappa shape index (κ3) is 6.15. The summed E-state index contributed by atoms with van der Waals surface area (Å²) in [6, 6.07) is 14.8. The summed E-state index contributed by atoms with van der Waals surface area (Å²) in [5.41, 5.74) is -3.58. The predicted octanol–water partition coefficient (Wildman–Crippen LogP) is 6.20. The number of hydrogen-bond acceptors (Lipinski definition) is 5. The standard InChI is InChI=1S/C29H21F5N2O4S/c1-3-40-26-10-8-18(12-27(26)41(2,38)39)17-5-4-6-19(11-17)25-14-23(29(32,33)34)22(15-35)28(37)36(25)16-20-7-9-21(30)13-24(20)31/h4-14H,3,16H2,1-2H3. The second-order valence-electron chi connectivity index (χ2n) is 9.00. The highest BCUT2D eigenvalue weighted by molar-refractivity contribution is 7.90. The minimum Gasteiger partial charge on any atom is -0.493 e. The number of rotatable bonds is 7. The van der Waals surface area contributed by atoms with Crippen LogP contribution in [0.15, 0.2) is 76.4 Å². The molecule has 0 saturated carbocycles. The second-order valence-corrected chi connectivity index (χ2v) is 11.0. The lowest BCUT2D eigenvalue weighted by Gasteiger charge is -2.18. The van der Waals surface area contributed by atoms with E-state index >= 15 is 0 Å². The molecule has 212 valence electrons. The van der Waals surface area contributed by atoms with E-state index in [1.165, 1.54) is 36.4 Å². The lowest BCUT2D eigenvalue weighted by molar-refractivity contribution is -0.137. The fourth-order valence-corrected chi connectivity index (χ4v) is 5.14. The number of alkyl halides is 3. The van der Waals surface area contributed by atoms with Crippen molar-refractivity contribution >= 4 is 9.84 Å². The van der Waals surface area contributed by atoms with Gasteiger partial charge in [-0.25, -0.2) is 17.2 Å². The fourth-order valence-electron chi connectivity index (χ4n) is 4.30. The van der Waals surface area contributed by atoms with Gasteiger partial charge >= 0.3 is 6.18 Å². The Morgan fingerprint density at radius 3 is 2.24 bits per heavy atom. The predicted molar refractivity (Wildman–Crippen MR) is 141 cm³/mol. The van der Waals surface area contributed by atoms with Crippen LogP contribution in [0.25, 0.3) is 22.4 Å². The quantitative estimate of drug-likeness (QED) is 0.240. The Morgan fingerprint density at radius 1 is 0.951 bits per heavy atom. The molecule has 0 aliphatic carbocycles. The van der Waals surface area contributed by atoms with Crippen LogP contribution in [-0.4, -0.2) is 25.8 Å². The fraction of sp³-hybridized carbons (Fsp3) is 0.172. The van der Waals surface area contributed by atoms with Gasteiger partial charge in [0.25, 0.3) is 5.56 Å². The monoisotopic (exact) mass is 588 g/mol. The lowest BCUT2D eigenvalue weighted by atomic mass is 9.99. The molecule has 6 nitrogen and oxygen atoms in total. The molecule has 0 aliphatic heterocycles. The van der Waals surface area contributed by atoms with Crippen molar-refractivity contribution in [3.05, 3.63) is 105 Å². The number of pyridine rings is 1. The maximum atomic E-state index is 14.5. The van der Waals surface area contributed by atoms with Crippen molar-refractivity contribution in [2.45, 2.75) is 24.5 Å². The third-order valence-corrected chi connectivity index (χ3v) is 7.31. The van der Waals surface area contributed by atoms with E-state index in [4.69, 9.17) is 4.74 Å². The molecule has 1 aromatic heterocycles. The highest BCUT2D eigenvalue weighted by Crippen LogP contribution is 2.36. The van der Waals surface area contributed by atoms with Crippen LogP contribution in [0.2, 0.25) is 0 Å². The maximum absolute atomic E-state index is 14.5. The molecule has 1 heterocycles. The topological polar surface area (TPSA) is 89.2 Å². The van der Waals surface area contributed by atoms with Gasteiger partial charge in [0, 0.05) is 17.9 Å². The third-order valence-electron chi connectivity index (χ3n) is 6.20. The molecule has 0 saturated heterocycles. The molecular formula is C29H21F5N2O4S. The average molecular weight is 589 g/mol. The van der Waals surface area contributed by atoms with Crippen LogP contribution in [0.3, 0.4) is 0 Å². The molecule has 0 aliphatic rings. The van der Waals surface area contributed by atoms with Crippen molar-refractivity contribution in [3.63, 3.8) is 0 Å². The Bertz CT molecular complexity index is 1860. The second kappa shape index (κ2) is 11.2. The van der Waals surface area contributed by atoms with E-state index in [1.54, 1.807) is 19.1 Å². The van der Waals surface area contributed by atoms with Gasteiger partial charge in [-0.1, -0.05) is 30.3 Å². The van der Waals surface area contributed by atoms with Gasteiger partial charge < -0.3 is 9.30 Å². The minimum atomic E-state index is -5.06. The summed E-state index contributed by atoms with van der Waals surface area (Å²) >= 11 is 0. The van der Waals surface area contributed by atoms with E-state index in [-0.39, 0.29) is 34.1 Å². The number of nitrogens with zero attached hydrogens (tertiary/aromatic N) is 2. The summed E-state index contributed by atoms with van der Waals surface area (Å²) in [7, 11) is -3.72. The average Bonchev–Trinajstić information content (AvgIpc) is 2.90. The van der Waals surface area contributed by atoms with Gasteiger partial charge in [-0.05, 0) is 53.9 Å². The highest BCUT2D eigenvalue weighted by Gasteiger charge is 2.36. The minimum absolute atomic E-state index is 0.0897. The summed E-state index contributed by atoms with van der Waals surface area (Å²) in [5, 5.41) is 9.40. The van der Waals surface area contributed by atoms with Crippen molar-refractivity contribution in [1.82, 2.24) is 4.57 Å². The van der Waals surface area contributed by atoms with E-state index in [0.29, 0.717) is 23.3 Å². The number of aromatic nitrogens is 1. The van der Waals surface area contributed by atoms with Crippen molar-refractivity contribution in [3.8, 4) is 34.2 Å². The summed E-state index contributed by atoms with van der Waals surface area (Å²) in [6.45, 7) is 1.30. The molecule has 0 radical (unpaired) electrons. The lowest BCUT2D eigenvalue weighted by Crippen LogP contribution is -2.29. The smallest absolute Gasteiger partial charge is 0.417 e. The van der Waals surface area contributed by atoms with Crippen molar-refractivity contribution in [2.24, 2.45) is 0 Å². The Labute approximate surface area is 231 Å². The van der Waals surface area contributed by atoms with E-state index in [0.717, 1.165) is 23.0 Å². The molecule has 0 spiro atoms. The molecule has 41 heavy (non-hydrogen) atoms. The van der Waals surface area contributed by atoms with Crippen molar-refractivity contribution < 1.29 is 35.1 Å². The van der Waals surface area contributed by atoms with Crippen LogP contribution in [-0.2, 0) is 22.6 Å². The summed E-state index contributed by atoms with van der Waals surface area (Å²) < 4.78 is 101. The summed E-state index contributed by atoms with van der Waals surface area (Å²) in [6.07, 6.45) is -4.05. The van der Waals surface area contributed by atoms with Crippen LogP contribution >= 0.6 is 0 Å². The van der Waals surface area contributed by atoms with Crippen molar-refractivity contribution in [2.75, 3.05) is 12.9 Å². The number of nitriles is 1. The van der Waals surface area contributed by atoms with Crippen molar-refractivity contribution in [1.29, 1.82) is 5.26 Å². The summed E-state index contributed by atoms with van der Waals surface area (Å²) in [5.74, 6) is -1.79. The molecule has 0 unspecified atom stereocenters. The number of halogens is 5. The largest absolute Gasteiger partial charge is 0.493 e. The first-order chi connectivity index (χ1) is 19.2. The Morgan fingerprint density at radius 2 is 1.63 bits per heavy atom. The molecule has 3 aromatic carbocycles. The molecule has 0 amide bonds. The molecule has 4 rings (SSSR count). The molecule has 0 bridgehead atoms. The molecular weight excluding hydrogens is 567 g/mol. The van der Waals surface area contributed by atoms with Crippen LogP contribution in [0.5, 0.6) is 5.75 Å². The first-order valence-corrected chi connectivity index (χ1v) is 13.9. The number of sulfone groups is 1. The number of hydrogen-bond donors (Lipinski definition) is 0. The van der Waals surface area contributed by atoms with Gasteiger partial charge in [0.15, 0.2) is 9.84 Å². The number of benzene rings is 3. The zero-order chi connectivity index (χ0) is 30.1. The van der Waals surface area contributed by atoms with Gasteiger partial charge in [0.2, 0.25) is 0 Å². The molecule has 4 aromatic rings. The van der Waals surface area contributed by atoms with Crippen LogP contribution < -0.4 is 10.3 Å². The molecule has 0 fully saturated rings. The molecule has 12 heteroatoms. The Hall–Kier alpha value is -4.50. The Kier molecular flexibility index (Phi) is 8.03. The van der Waals surface area contributed by atoms with Gasteiger partial charge in [0.05, 0.1) is 24.4 Å². The van der Waals surface area contributed by atoms with Crippen LogP contribution in [0.1, 0.15) is 23.6 Å². The maximum Gasteiger partial charge on any atom is 0.417 e. The van der Waals surface area contributed by atoms with Gasteiger partial charge in [0.1, 0.15) is 33.9 Å². The van der Waals surface area contributed by atoms with Crippen LogP contribution in [0.4, 0.5) is 22.0 Å². The van der Waals surface area contributed by atoms with Gasteiger partial charge in [-0.2, -0.15) is 18.4 Å². The first-order valence-electron chi connectivity index (χ1n) is 12.0. The first kappa shape index (κ1) is 29.5. The van der Waals surface area contributed by atoms with E-state index in [2.05, 4.69) is 0 Å². The van der Waals surface area contributed by atoms with Gasteiger partial charge in [-0.3, -0.25) is 4.79 Å². The summed E-state index contributed by atoms with van der Waals surface area (Å²) in [4.78, 5) is 13.1. The SMILES string of the molecule is CCOc1ccc(-c2cccc(-c3cc(C(F)(F)F)c(C#N)c(=O)n3Cc3ccc(F)cc3F)c2)cc1S(C)(=O)=O. The van der Waals surface area contributed by atoms with E-state index < -0.39 is 50.9 Å². The zero-order valence-electron chi connectivity index (χ0n) is 21.6. The van der Waals surface area contributed by atoms with E-state index in [9.17, 15) is 40.4 Å². The zero-order valence-corrected chi connectivity index (χ0v) is 22.4. The van der Waals surface area contributed by atoms with E-state index in [1.807, 2.05) is 0 Å². The molecule has 0 N–H and O–H groups in total. The number of ether oxygens (including phenoxy) is 1. The van der Waals surface area contributed by atoms with Crippen LogP contribution in [0, 0.1) is 23.0 Å². The normalized spacial score (nSPS) is 11.8. The van der Waals surface area contributed by atoms with Gasteiger partial charge in [-0.15, -0.1) is 0 Å². The Balaban J connectivity index is 1.96. The molecule has 0 atom stereocenters. The highest BCUT2D eigenvalue weighted by atomic mass is 32.2.